The summed E-state index contributed by atoms with van der Waals surface area (Å²) in [5.74, 6) is 1.19. The molecule has 28 heavy (non-hydrogen) atoms. The van der Waals surface area contributed by atoms with E-state index in [0.29, 0.717) is 33.8 Å². The van der Waals surface area contributed by atoms with Gasteiger partial charge < -0.3 is 18.6 Å². The third kappa shape index (κ3) is 3.86. The number of hydrogen-bond acceptors (Lipinski definition) is 6. The molecule has 0 amide bonds. The van der Waals surface area contributed by atoms with Gasteiger partial charge in [-0.25, -0.2) is 4.79 Å². The molecular weight excluding hydrogens is 360 g/mol. The number of ether oxygens (including phenoxy) is 3. The maximum Gasteiger partial charge on any atom is 0.347 e. The van der Waals surface area contributed by atoms with E-state index >= 15 is 0 Å². The second-order valence-corrected chi connectivity index (χ2v) is 6.26. The summed E-state index contributed by atoms with van der Waals surface area (Å²) >= 11 is 0. The van der Waals surface area contributed by atoms with E-state index in [2.05, 4.69) is 0 Å². The van der Waals surface area contributed by atoms with Crippen molar-refractivity contribution in [3.05, 3.63) is 58.4 Å². The zero-order chi connectivity index (χ0) is 20.3. The van der Waals surface area contributed by atoms with E-state index in [1.54, 1.807) is 58.2 Å². The average molecular weight is 382 g/mol. The summed E-state index contributed by atoms with van der Waals surface area (Å²) in [6.07, 6.45) is -0.760. The van der Waals surface area contributed by atoms with Crippen molar-refractivity contribution >= 4 is 16.9 Å². The zero-order valence-corrected chi connectivity index (χ0v) is 16.3. The van der Waals surface area contributed by atoms with Gasteiger partial charge in [0.2, 0.25) is 5.43 Å². The molecule has 0 aliphatic rings. The molecular formula is C22H22O6. The summed E-state index contributed by atoms with van der Waals surface area (Å²) in [5.41, 5.74) is 1.52. The van der Waals surface area contributed by atoms with Crippen LogP contribution in [0.4, 0.5) is 0 Å². The van der Waals surface area contributed by atoms with Crippen LogP contribution in [0.15, 0.2) is 51.7 Å². The lowest BCUT2D eigenvalue weighted by molar-refractivity contribution is -0.150. The van der Waals surface area contributed by atoms with Crippen LogP contribution in [0.5, 0.6) is 11.5 Å². The molecule has 3 rings (SSSR count). The summed E-state index contributed by atoms with van der Waals surface area (Å²) in [5, 5.41) is 0.438. The number of hydrogen-bond donors (Lipinski definition) is 0. The minimum atomic E-state index is -0.760. The molecule has 0 N–H and O–H groups in total. The molecule has 0 aliphatic heterocycles. The van der Waals surface area contributed by atoms with Crippen molar-refractivity contribution < 1.29 is 23.4 Å². The predicted molar refractivity (Wildman–Crippen MR) is 106 cm³/mol. The second-order valence-electron chi connectivity index (χ2n) is 6.26. The summed E-state index contributed by atoms with van der Waals surface area (Å²) in [6, 6.07) is 12.1. The first-order valence-electron chi connectivity index (χ1n) is 8.99. The second kappa shape index (κ2) is 8.17. The van der Waals surface area contributed by atoms with Crippen LogP contribution in [-0.4, -0.2) is 25.8 Å². The Hall–Kier alpha value is -3.28. The van der Waals surface area contributed by atoms with Crippen molar-refractivity contribution in [3.63, 3.8) is 0 Å². The summed E-state index contributed by atoms with van der Waals surface area (Å²) < 4.78 is 21.6. The number of aryl methyl sites for hydroxylation is 1. The van der Waals surface area contributed by atoms with Crippen molar-refractivity contribution in [2.75, 3.05) is 13.7 Å². The van der Waals surface area contributed by atoms with Crippen LogP contribution < -0.4 is 14.9 Å². The largest absolute Gasteiger partial charge is 0.497 e. The van der Waals surface area contributed by atoms with Gasteiger partial charge in [-0.3, -0.25) is 4.79 Å². The molecule has 146 valence electrons. The number of benzene rings is 2. The number of esters is 1. The number of carbonyl (C=O) groups is 1. The monoisotopic (exact) mass is 382 g/mol. The normalized spacial score (nSPS) is 11.9. The Balaban J connectivity index is 1.98. The van der Waals surface area contributed by atoms with Gasteiger partial charge in [0, 0.05) is 6.07 Å². The van der Waals surface area contributed by atoms with E-state index in [1.807, 2.05) is 12.1 Å². The molecule has 3 aromatic rings. The molecule has 0 bridgehead atoms. The molecule has 1 aromatic heterocycles. The Bertz CT molecular complexity index is 1050. The predicted octanol–water partition coefficient (Wildman–Crippen LogP) is 4.11. The number of carbonyl (C=O) groups excluding carboxylic acids is 1. The van der Waals surface area contributed by atoms with Crippen LogP contribution in [0.1, 0.15) is 19.6 Å². The zero-order valence-electron chi connectivity index (χ0n) is 16.3. The molecule has 0 spiro atoms. The van der Waals surface area contributed by atoms with Gasteiger partial charge in [0.05, 0.1) is 24.7 Å². The van der Waals surface area contributed by atoms with Crippen LogP contribution in [0, 0.1) is 6.92 Å². The van der Waals surface area contributed by atoms with E-state index in [4.69, 9.17) is 18.6 Å². The average Bonchev–Trinajstić information content (AvgIpc) is 2.68. The highest BCUT2D eigenvalue weighted by atomic mass is 16.6. The van der Waals surface area contributed by atoms with Crippen LogP contribution >= 0.6 is 0 Å². The Kier molecular flexibility index (Phi) is 5.68. The first-order chi connectivity index (χ1) is 13.4. The third-order valence-electron chi connectivity index (χ3n) is 4.35. The van der Waals surface area contributed by atoms with Gasteiger partial charge in [0.15, 0.2) is 6.10 Å². The van der Waals surface area contributed by atoms with Crippen molar-refractivity contribution in [3.8, 4) is 22.6 Å². The standard InChI is InChI=1S/C22H22O6/c1-5-26-22(24)14(3)27-17-10-11-18-19(12-17)28-13(2)20(21(18)23)15-6-8-16(25-4)9-7-15/h6-12,14H,5H2,1-4H3/t14-/m1/s1. The van der Waals surface area contributed by atoms with Gasteiger partial charge in [-0.2, -0.15) is 0 Å². The smallest absolute Gasteiger partial charge is 0.347 e. The molecule has 0 saturated carbocycles. The Morgan fingerprint density at radius 3 is 2.43 bits per heavy atom. The van der Waals surface area contributed by atoms with E-state index in [1.165, 1.54) is 0 Å². The first kappa shape index (κ1) is 19.5. The highest BCUT2D eigenvalue weighted by Crippen LogP contribution is 2.28. The SMILES string of the molecule is CCOC(=O)[C@@H](C)Oc1ccc2c(=O)c(-c3ccc(OC)cc3)c(C)oc2c1. The number of methoxy groups -OCH3 is 1. The fourth-order valence-electron chi connectivity index (χ4n) is 2.96. The van der Waals surface area contributed by atoms with E-state index in [-0.39, 0.29) is 12.0 Å². The Morgan fingerprint density at radius 1 is 1.11 bits per heavy atom. The van der Waals surface area contributed by atoms with Crippen molar-refractivity contribution in [1.82, 2.24) is 0 Å². The van der Waals surface area contributed by atoms with E-state index in [9.17, 15) is 9.59 Å². The van der Waals surface area contributed by atoms with E-state index < -0.39 is 12.1 Å². The van der Waals surface area contributed by atoms with Gasteiger partial charge >= 0.3 is 5.97 Å². The molecule has 0 fully saturated rings. The van der Waals surface area contributed by atoms with Gasteiger partial charge in [0.1, 0.15) is 22.8 Å². The summed E-state index contributed by atoms with van der Waals surface area (Å²) in [7, 11) is 1.59. The molecule has 2 aromatic carbocycles. The first-order valence-corrected chi connectivity index (χ1v) is 8.99. The molecule has 1 atom stereocenters. The molecule has 0 radical (unpaired) electrons. The minimum Gasteiger partial charge on any atom is -0.497 e. The van der Waals surface area contributed by atoms with Crippen LogP contribution in [0.3, 0.4) is 0 Å². The lowest BCUT2D eigenvalue weighted by atomic mass is 10.0. The van der Waals surface area contributed by atoms with Gasteiger partial charge in [0.25, 0.3) is 0 Å². The fourth-order valence-corrected chi connectivity index (χ4v) is 2.96. The Morgan fingerprint density at radius 2 is 1.79 bits per heavy atom. The maximum atomic E-state index is 13.0. The molecule has 6 heteroatoms. The Labute approximate surface area is 162 Å². The topological polar surface area (TPSA) is 75.0 Å². The quantitative estimate of drug-likeness (QED) is 0.597. The molecule has 0 unspecified atom stereocenters. The number of rotatable bonds is 6. The van der Waals surface area contributed by atoms with Crippen molar-refractivity contribution in [2.45, 2.75) is 26.9 Å². The molecule has 0 aliphatic carbocycles. The third-order valence-corrected chi connectivity index (χ3v) is 4.35. The van der Waals surface area contributed by atoms with E-state index in [0.717, 1.165) is 5.56 Å². The maximum absolute atomic E-state index is 13.0. The minimum absolute atomic E-state index is 0.131. The molecule has 0 saturated heterocycles. The molecule has 6 nitrogen and oxygen atoms in total. The lowest BCUT2D eigenvalue weighted by Gasteiger charge is -2.14. The highest BCUT2D eigenvalue weighted by molar-refractivity contribution is 5.84. The molecule has 1 heterocycles. The summed E-state index contributed by atoms with van der Waals surface area (Å²) in [6.45, 7) is 5.37. The van der Waals surface area contributed by atoms with Crippen LogP contribution in [-0.2, 0) is 9.53 Å². The van der Waals surface area contributed by atoms with Crippen molar-refractivity contribution in [2.24, 2.45) is 0 Å². The fraction of sp³-hybridized carbons (Fsp3) is 0.273. The van der Waals surface area contributed by atoms with Crippen LogP contribution in [0.2, 0.25) is 0 Å². The lowest BCUT2D eigenvalue weighted by Crippen LogP contribution is -2.26. The van der Waals surface area contributed by atoms with Gasteiger partial charge in [-0.1, -0.05) is 12.1 Å². The van der Waals surface area contributed by atoms with Crippen LogP contribution in [0.25, 0.3) is 22.1 Å². The highest BCUT2D eigenvalue weighted by Gasteiger charge is 2.18. The number of fused-ring (bicyclic) bond motifs is 1. The van der Waals surface area contributed by atoms with Gasteiger partial charge in [-0.15, -0.1) is 0 Å². The van der Waals surface area contributed by atoms with Gasteiger partial charge in [-0.05, 0) is 50.6 Å². The van der Waals surface area contributed by atoms with Crippen molar-refractivity contribution in [1.29, 1.82) is 0 Å². The summed E-state index contributed by atoms with van der Waals surface area (Å²) in [4.78, 5) is 24.8.